The maximum atomic E-state index is 12.8. The van der Waals surface area contributed by atoms with Crippen molar-refractivity contribution in [1.82, 2.24) is 0 Å². The Labute approximate surface area is 61.6 Å². The first-order valence-corrected chi connectivity index (χ1v) is 6.30. The van der Waals surface area contributed by atoms with Gasteiger partial charge < -0.3 is 8.84 Å². The molecule has 0 aromatic rings. The highest BCUT2D eigenvalue weighted by Crippen LogP contribution is 2.12. The van der Waals surface area contributed by atoms with Crippen LogP contribution in [0.5, 0.6) is 0 Å². The lowest BCUT2D eigenvalue weighted by Gasteiger charge is -2.08. The third-order valence-corrected chi connectivity index (χ3v) is 2.59. The number of carbonyl (C=O) groups excluding carboxylic acids is 1. The quantitative estimate of drug-likeness (QED) is 0.361. The third-order valence-electron chi connectivity index (χ3n) is 1.15. The van der Waals surface area contributed by atoms with E-state index >= 15 is 0 Å². The molecule has 0 aliphatic carbocycles. The van der Waals surface area contributed by atoms with Crippen LogP contribution in [0.3, 0.4) is 0 Å². The van der Waals surface area contributed by atoms with Gasteiger partial charge in [-0.15, -0.1) is 0 Å². The standard InChI is InChI=1S/C6H13FO2Si/c1-9-6(8)4-5-10(2,3)7/h4-5H2,1-3H3. The Morgan fingerprint density at radius 1 is 1.60 bits per heavy atom. The molecule has 10 heavy (non-hydrogen) atoms. The van der Waals surface area contributed by atoms with E-state index in [2.05, 4.69) is 4.74 Å². The molecule has 0 aliphatic rings. The molecule has 0 N–H and O–H groups in total. The molecule has 4 heteroatoms. The number of ether oxygens (including phenoxy) is 1. The van der Waals surface area contributed by atoms with Crippen LogP contribution < -0.4 is 0 Å². The second kappa shape index (κ2) is 3.70. The van der Waals surface area contributed by atoms with Crippen molar-refractivity contribution >= 4 is 14.4 Å². The Morgan fingerprint density at radius 3 is 2.40 bits per heavy atom. The smallest absolute Gasteiger partial charge is 0.305 e. The lowest BCUT2D eigenvalue weighted by Crippen LogP contribution is -2.19. The van der Waals surface area contributed by atoms with Crippen LogP contribution in [0.1, 0.15) is 6.42 Å². The number of methoxy groups -OCH3 is 1. The summed E-state index contributed by atoms with van der Waals surface area (Å²) in [5.41, 5.74) is 0. The van der Waals surface area contributed by atoms with Gasteiger partial charge >= 0.3 is 5.97 Å². The molecule has 0 fully saturated rings. The number of hydrogen-bond acceptors (Lipinski definition) is 2. The Morgan fingerprint density at radius 2 is 2.10 bits per heavy atom. The van der Waals surface area contributed by atoms with E-state index in [1.165, 1.54) is 7.11 Å². The first-order valence-electron chi connectivity index (χ1n) is 3.21. The van der Waals surface area contributed by atoms with Crippen LogP contribution in [-0.4, -0.2) is 21.5 Å². The molecule has 0 aromatic carbocycles. The summed E-state index contributed by atoms with van der Waals surface area (Å²) >= 11 is 0. The van der Waals surface area contributed by atoms with Crippen molar-refractivity contribution in [2.75, 3.05) is 7.11 Å². The van der Waals surface area contributed by atoms with Crippen LogP contribution in [0, 0.1) is 0 Å². The number of rotatable bonds is 3. The Bertz CT molecular complexity index is 119. The van der Waals surface area contributed by atoms with E-state index in [4.69, 9.17) is 0 Å². The summed E-state index contributed by atoms with van der Waals surface area (Å²) in [5, 5.41) is 0. The number of hydrogen-bond donors (Lipinski definition) is 0. The molecule has 60 valence electrons. The van der Waals surface area contributed by atoms with Crippen molar-refractivity contribution < 1.29 is 13.6 Å². The molecular weight excluding hydrogens is 151 g/mol. The maximum absolute atomic E-state index is 12.8. The van der Waals surface area contributed by atoms with Crippen molar-refractivity contribution in [3.8, 4) is 0 Å². The molecule has 0 unspecified atom stereocenters. The van der Waals surface area contributed by atoms with Gasteiger partial charge in [0.1, 0.15) is 0 Å². The van der Waals surface area contributed by atoms with Crippen LogP contribution in [0.15, 0.2) is 0 Å². The summed E-state index contributed by atoms with van der Waals surface area (Å²) < 4.78 is 17.2. The van der Waals surface area contributed by atoms with Crippen molar-refractivity contribution in [1.29, 1.82) is 0 Å². The zero-order chi connectivity index (χ0) is 8.20. The van der Waals surface area contributed by atoms with Gasteiger partial charge in [0.25, 0.3) is 0 Å². The Kier molecular flexibility index (Phi) is 3.56. The van der Waals surface area contributed by atoms with Crippen molar-refractivity contribution in [3.63, 3.8) is 0 Å². The third kappa shape index (κ3) is 5.75. The Hall–Kier alpha value is -0.383. The monoisotopic (exact) mass is 164 g/mol. The van der Waals surface area contributed by atoms with Gasteiger partial charge in [-0.3, -0.25) is 4.79 Å². The summed E-state index contributed by atoms with van der Waals surface area (Å²) in [6, 6.07) is 0.361. The average Bonchev–Trinajstić information content (AvgIpc) is 1.81. The second-order valence-corrected chi connectivity index (χ2v) is 6.73. The van der Waals surface area contributed by atoms with E-state index in [1.54, 1.807) is 13.1 Å². The van der Waals surface area contributed by atoms with Gasteiger partial charge in [-0.25, -0.2) is 0 Å². The highest BCUT2D eigenvalue weighted by atomic mass is 28.4. The normalized spacial score (nSPS) is 11.2. The molecule has 0 saturated heterocycles. The van der Waals surface area contributed by atoms with E-state index in [-0.39, 0.29) is 12.4 Å². The summed E-state index contributed by atoms with van der Waals surface area (Å²) in [6.45, 7) is 3.16. The van der Waals surface area contributed by atoms with Gasteiger partial charge in [0.15, 0.2) is 0 Å². The first kappa shape index (κ1) is 9.62. The van der Waals surface area contributed by atoms with Crippen molar-refractivity contribution in [2.24, 2.45) is 0 Å². The van der Waals surface area contributed by atoms with E-state index in [9.17, 15) is 8.90 Å². The van der Waals surface area contributed by atoms with Crippen LogP contribution in [0.4, 0.5) is 4.11 Å². The minimum Gasteiger partial charge on any atom is -0.469 e. The van der Waals surface area contributed by atoms with Gasteiger partial charge in [-0.05, 0) is 19.1 Å². The van der Waals surface area contributed by atoms with Gasteiger partial charge in [-0.2, -0.15) is 0 Å². The molecule has 0 rings (SSSR count). The fourth-order valence-electron chi connectivity index (χ4n) is 0.501. The lowest BCUT2D eigenvalue weighted by molar-refractivity contribution is -0.140. The minimum atomic E-state index is -2.54. The molecule has 0 radical (unpaired) electrons. The van der Waals surface area contributed by atoms with E-state index < -0.39 is 8.41 Å². The molecule has 0 saturated carbocycles. The largest absolute Gasteiger partial charge is 0.469 e. The van der Waals surface area contributed by atoms with E-state index in [0.717, 1.165) is 0 Å². The fraction of sp³-hybridized carbons (Fsp3) is 0.833. The molecule has 0 bridgehead atoms. The number of esters is 1. The fourth-order valence-corrected chi connectivity index (χ4v) is 1.30. The van der Waals surface area contributed by atoms with Crippen LogP contribution in [0.25, 0.3) is 0 Å². The second-order valence-electron chi connectivity index (χ2n) is 2.79. The highest BCUT2D eigenvalue weighted by Gasteiger charge is 2.21. The van der Waals surface area contributed by atoms with Gasteiger partial charge in [0, 0.05) is 6.42 Å². The Balaban J connectivity index is 3.46. The summed E-state index contributed by atoms with van der Waals surface area (Å²) in [4.78, 5) is 10.5. The zero-order valence-corrected chi connectivity index (χ0v) is 7.61. The number of halogens is 1. The molecule has 2 nitrogen and oxygen atoms in total. The van der Waals surface area contributed by atoms with E-state index in [1.807, 2.05) is 0 Å². The predicted molar refractivity (Wildman–Crippen MR) is 40.0 cm³/mol. The lowest BCUT2D eigenvalue weighted by atomic mass is 10.5. The van der Waals surface area contributed by atoms with Crippen LogP contribution >= 0.6 is 0 Å². The predicted octanol–water partition coefficient (Wildman–Crippen LogP) is 1.72. The van der Waals surface area contributed by atoms with Crippen molar-refractivity contribution in [2.45, 2.75) is 25.6 Å². The van der Waals surface area contributed by atoms with Gasteiger partial charge in [0.2, 0.25) is 8.41 Å². The SMILES string of the molecule is COC(=O)CC[Si](C)(C)F. The van der Waals surface area contributed by atoms with Crippen LogP contribution in [0.2, 0.25) is 19.1 Å². The molecular formula is C6H13FO2Si. The van der Waals surface area contributed by atoms with Gasteiger partial charge in [0.05, 0.1) is 7.11 Å². The molecule has 0 aromatic heterocycles. The van der Waals surface area contributed by atoms with Crippen LogP contribution in [-0.2, 0) is 9.53 Å². The topological polar surface area (TPSA) is 26.3 Å². The molecule has 0 aliphatic heterocycles. The molecule has 0 heterocycles. The zero-order valence-electron chi connectivity index (χ0n) is 6.61. The molecule has 0 amide bonds. The first-order chi connectivity index (χ1) is 4.45. The summed E-state index contributed by atoms with van der Waals surface area (Å²) in [6.07, 6.45) is 0.215. The molecule has 0 spiro atoms. The average molecular weight is 164 g/mol. The minimum absolute atomic E-state index is 0.215. The van der Waals surface area contributed by atoms with E-state index in [0.29, 0.717) is 6.04 Å². The highest BCUT2D eigenvalue weighted by molar-refractivity contribution is 6.70. The van der Waals surface area contributed by atoms with Crippen molar-refractivity contribution in [3.05, 3.63) is 0 Å². The maximum Gasteiger partial charge on any atom is 0.305 e. The summed E-state index contributed by atoms with van der Waals surface area (Å²) in [7, 11) is -1.22. The number of carbonyl (C=O) groups is 1. The van der Waals surface area contributed by atoms with Gasteiger partial charge in [-0.1, -0.05) is 0 Å². The summed E-state index contributed by atoms with van der Waals surface area (Å²) in [5.74, 6) is -0.321. The molecule has 0 atom stereocenters.